The van der Waals surface area contributed by atoms with E-state index in [1.807, 2.05) is 0 Å². The molecule has 2 N–H and O–H groups in total. The number of carbonyl (C=O) groups excluding carboxylic acids is 1. The molecule has 8 heteroatoms. The minimum absolute atomic E-state index is 0.00647. The van der Waals surface area contributed by atoms with Gasteiger partial charge in [-0.05, 0) is 12.8 Å². The van der Waals surface area contributed by atoms with E-state index >= 15 is 0 Å². The minimum Gasteiger partial charge on any atom is -0.366 e. The second-order valence-electron chi connectivity index (χ2n) is 4.75. The SMILES string of the molecule is CC(=O)NC1CCN(S(=O)(=O)c2c[nH]ccc2=O)CC1. The molecule has 0 radical (unpaired) electrons. The number of H-pyrrole nitrogens is 1. The van der Waals surface area contributed by atoms with Crippen LogP contribution in [0.1, 0.15) is 19.8 Å². The molecule has 0 aromatic carbocycles. The Labute approximate surface area is 117 Å². The van der Waals surface area contributed by atoms with Gasteiger partial charge in [0.1, 0.15) is 4.90 Å². The highest BCUT2D eigenvalue weighted by Crippen LogP contribution is 2.18. The first-order valence-corrected chi connectivity index (χ1v) is 7.79. The molecule has 0 bridgehead atoms. The molecule has 110 valence electrons. The lowest BCUT2D eigenvalue weighted by molar-refractivity contribution is -0.119. The van der Waals surface area contributed by atoms with E-state index in [2.05, 4.69) is 10.3 Å². The molecule has 0 unspecified atom stereocenters. The number of hydrogen-bond acceptors (Lipinski definition) is 4. The van der Waals surface area contributed by atoms with Gasteiger partial charge < -0.3 is 10.3 Å². The third-order valence-electron chi connectivity index (χ3n) is 3.27. The Kier molecular flexibility index (Phi) is 4.24. The lowest BCUT2D eigenvalue weighted by atomic mass is 10.1. The predicted molar refractivity (Wildman–Crippen MR) is 72.7 cm³/mol. The fourth-order valence-electron chi connectivity index (χ4n) is 2.27. The number of sulfonamides is 1. The second-order valence-corrected chi connectivity index (χ2v) is 6.66. The molecule has 1 fully saturated rings. The van der Waals surface area contributed by atoms with Crippen LogP contribution in [0.4, 0.5) is 0 Å². The van der Waals surface area contributed by atoms with Crippen LogP contribution in [0.2, 0.25) is 0 Å². The summed E-state index contributed by atoms with van der Waals surface area (Å²) in [6.45, 7) is 2.02. The monoisotopic (exact) mass is 299 g/mol. The summed E-state index contributed by atoms with van der Waals surface area (Å²) in [5.41, 5.74) is -0.521. The van der Waals surface area contributed by atoms with Gasteiger partial charge in [-0.3, -0.25) is 9.59 Å². The van der Waals surface area contributed by atoms with Gasteiger partial charge in [0, 0.05) is 44.5 Å². The Morgan fingerprint density at radius 3 is 2.60 bits per heavy atom. The molecule has 0 saturated carbocycles. The summed E-state index contributed by atoms with van der Waals surface area (Å²) in [6.07, 6.45) is 3.69. The van der Waals surface area contributed by atoms with Gasteiger partial charge in [-0.15, -0.1) is 0 Å². The van der Waals surface area contributed by atoms with Crippen molar-refractivity contribution in [2.45, 2.75) is 30.7 Å². The van der Waals surface area contributed by atoms with Crippen LogP contribution in [-0.4, -0.2) is 42.7 Å². The average molecular weight is 299 g/mol. The van der Waals surface area contributed by atoms with Crippen LogP contribution in [0.5, 0.6) is 0 Å². The van der Waals surface area contributed by atoms with Crippen molar-refractivity contribution in [2.75, 3.05) is 13.1 Å². The molecule has 1 aromatic heterocycles. The van der Waals surface area contributed by atoms with E-state index in [0.717, 1.165) is 0 Å². The number of aromatic amines is 1. The second kappa shape index (κ2) is 5.76. The van der Waals surface area contributed by atoms with E-state index in [-0.39, 0.29) is 16.8 Å². The molecule has 1 saturated heterocycles. The Balaban J connectivity index is 2.12. The highest BCUT2D eigenvalue weighted by atomic mass is 32.2. The summed E-state index contributed by atoms with van der Waals surface area (Å²) < 4.78 is 26.0. The zero-order chi connectivity index (χ0) is 14.8. The zero-order valence-electron chi connectivity index (χ0n) is 11.1. The lowest BCUT2D eigenvalue weighted by Gasteiger charge is -2.31. The van der Waals surface area contributed by atoms with Crippen molar-refractivity contribution in [3.05, 3.63) is 28.7 Å². The van der Waals surface area contributed by atoms with Gasteiger partial charge in [0.2, 0.25) is 21.4 Å². The summed E-state index contributed by atoms with van der Waals surface area (Å²) in [5.74, 6) is -0.120. The number of aromatic nitrogens is 1. The van der Waals surface area contributed by atoms with Gasteiger partial charge in [0.25, 0.3) is 0 Å². The molecule has 1 aliphatic heterocycles. The number of carbonyl (C=O) groups is 1. The molecule has 20 heavy (non-hydrogen) atoms. The number of amides is 1. The van der Waals surface area contributed by atoms with Gasteiger partial charge in [0.05, 0.1) is 0 Å². The first-order chi connectivity index (χ1) is 9.41. The molecule has 1 aromatic rings. The Hall–Kier alpha value is -1.67. The zero-order valence-corrected chi connectivity index (χ0v) is 11.9. The van der Waals surface area contributed by atoms with Gasteiger partial charge in [-0.1, -0.05) is 0 Å². The van der Waals surface area contributed by atoms with Gasteiger partial charge in [-0.25, -0.2) is 8.42 Å². The summed E-state index contributed by atoms with van der Waals surface area (Å²) in [7, 11) is -3.77. The Morgan fingerprint density at radius 1 is 1.40 bits per heavy atom. The number of piperidine rings is 1. The van der Waals surface area contributed by atoms with Crippen LogP contribution in [0, 0.1) is 0 Å². The molecule has 0 spiro atoms. The van der Waals surface area contributed by atoms with Crippen LogP contribution < -0.4 is 10.7 Å². The first-order valence-electron chi connectivity index (χ1n) is 6.35. The van der Waals surface area contributed by atoms with Crippen molar-refractivity contribution in [3.63, 3.8) is 0 Å². The fourth-order valence-corrected chi connectivity index (χ4v) is 3.78. The molecule has 1 aliphatic rings. The molecule has 2 rings (SSSR count). The molecular weight excluding hydrogens is 282 g/mol. The highest BCUT2D eigenvalue weighted by Gasteiger charge is 2.31. The van der Waals surface area contributed by atoms with Crippen molar-refractivity contribution in [2.24, 2.45) is 0 Å². The molecule has 7 nitrogen and oxygen atoms in total. The van der Waals surface area contributed by atoms with Crippen molar-refractivity contribution in [3.8, 4) is 0 Å². The lowest BCUT2D eigenvalue weighted by Crippen LogP contribution is -2.46. The summed E-state index contributed by atoms with van der Waals surface area (Å²) in [5, 5.41) is 2.78. The van der Waals surface area contributed by atoms with Crippen LogP contribution in [0.15, 0.2) is 28.2 Å². The largest absolute Gasteiger partial charge is 0.366 e. The standard InChI is InChI=1S/C12H17N3O4S/c1-9(16)14-10-3-6-15(7-4-10)20(18,19)12-8-13-5-2-11(12)17/h2,5,8,10H,3-4,6-7H2,1H3,(H,13,17)(H,14,16). The van der Waals surface area contributed by atoms with E-state index in [1.165, 1.54) is 29.7 Å². The third-order valence-corrected chi connectivity index (χ3v) is 5.19. The van der Waals surface area contributed by atoms with Crippen LogP contribution in [0.25, 0.3) is 0 Å². The van der Waals surface area contributed by atoms with Crippen molar-refractivity contribution >= 4 is 15.9 Å². The number of pyridine rings is 1. The third kappa shape index (κ3) is 3.07. The molecule has 1 amide bonds. The maximum atomic E-state index is 12.4. The number of hydrogen-bond donors (Lipinski definition) is 2. The van der Waals surface area contributed by atoms with Gasteiger partial charge >= 0.3 is 0 Å². The number of nitrogens with one attached hydrogen (secondary N) is 2. The maximum absolute atomic E-state index is 12.4. The van der Waals surface area contributed by atoms with E-state index in [0.29, 0.717) is 25.9 Å². The van der Waals surface area contributed by atoms with Crippen molar-refractivity contribution in [1.29, 1.82) is 0 Å². The molecule has 0 aliphatic carbocycles. The molecule has 2 heterocycles. The Bertz CT molecular complexity index is 645. The van der Waals surface area contributed by atoms with Gasteiger partial charge in [0.15, 0.2) is 0 Å². The maximum Gasteiger partial charge on any atom is 0.248 e. The minimum atomic E-state index is -3.77. The highest BCUT2D eigenvalue weighted by molar-refractivity contribution is 7.89. The van der Waals surface area contributed by atoms with Crippen LogP contribution in [0.3, 0.4) is 0 Å². The average Bonchev–Trinajstić information content (AvgIpc) is 2.39. The van der Waals surface area contributed by atoms with Crippen LogP contribution >= 0.6 is 0 Å². The van der Waals surface area contributed by atoms with E-state index in [9.17, 15) is 18.0 Å². The smallest absolute Gasteiger partial charge is 0.248 e. The molecule has 0 atom stereocenters. The van der Waals surface area contributed by atoms with Crippen LogP contribution in [-0.2, 0) is 14.8 Å². The summed E-state index contributed by atoms with van der Waals surface area (Å²) >= 11 is 0. The topological polar surface area (TPSA) is 99.3 Å². The van der Waals surface area contributed by atoms with Crippen molar-refractivity contribution < 1.29 is 13.2 Å². The summed E-state index contributed by atoms with van der Waals surface area (Å²) in [4.78, 5) is 25.0. The van der Waals surface area contributed by atoms with E-state index < -0.39 is 15.5 Å². The van der Waals surface area contributed by atoms with Crippen molar-refractivity contribution in [1.82, 2.24) is 14.6 Å². The quantitative estimate of drug-likeness (QED) is 0.798. The van der Waals surface area contributed by atoms with E-state index in [4.69, 9.17) is 0 Å². The van der Waals surface area contributed by atoms with Gasteiger partial charge in [-0.2, -0.15) is 4.31 Å². The Morgan fingerprint density at radius 2 is 2.05 bits per heavy atom. The fraction of sp³-hybridized carbons (Fsp3) is 0.500. The normalized spacial score (nSPS) is 17.9. The number of nitrogens with zero attached hydrogens (tertiary/aromatic N) is 1. The molecular formula is C12H17N3O4S. The first kappa shape index (κ1) is 14.7. The summed E-state index contributed by atoms with van der Waals surface area (Å²) in [6, 6.07) is 1.18. The number of rotatable bonds is 3. The predicted octanol–water partition coefficient (Wildman–Crippen LogP) is -0.336. The van der Waals surface area contributed by atoms with E-state index in [1.54, 1.807) is 0 Å².